The number of amides is 1. The summed E-state index contributed by atoms with van der Waals surface area (Å²) in [5.74, 6) is -0.198. The lowest BCUT2D eigenvalue weighted by atomic mass is 10.3. The van der Waals surface area contributed by atoms with E-state index in [1.165, 1.54) is 7.11 Å². The minimum atomic E-state index is -0.479. The summed E-state index contributed by atoms with van der Waals surface area (Å²) in [7, 11) is 1.48. The molecule has 0 aromatic heterocycles. The van der Waals surface area contributed by atoms with E-state index < -0.39 is 6.10 Å². The predicted octanol–water partition coefficient (Wildman–Crippen LogP) is 3.08. The SMILES string of the molecule is COC(C)C(=O)Nc1ccc(Br)c(Cl)c1. The molecule has 0 aliphatic heterocycles. The monoisotopic (exact) mass is 291 g/mol. The van der Waals surface area contributed by atoms with Crippen molar-refractivity contribution in [3.63, 3.8) is 0 Å². The second-order valence-corrected chi connectivity index (χ2v) is 4.26. The zero-order valence-electron chi connectivity index (χ0n) is 8.38. The van der Waals surface area contributed by atoms with Crippen molar-refractivity contribution in [3.8, 4) is 0 Å². The van der Waals surface area contributed by atoms with Crippen LogP contribution in [0.15, 0.2) is 22.7 Å². The molecule has 0 saturated carbocycles. The number of benzene rings is 1. The highest BCUT2D eigenvalue weighted by molar-refractivity contribution is 9.10. The Hall–Kier alpha value is -0.580. The number of ether oxygens (including phenoxy) is 1. The van der Waals surface area contributed by atoms with Crippen LogP contribution in [0.2, 0.25) is 5.02 Å². The highest BCUT2D eigenvalue weighted by Crippen LogP contribution is 2.25. The topological polar surface area (TPSA) is 38.3 Å². The molecule has 0 saturated heterocycles. The van der Waals surface area contributed by atoms with Gasteiger partial charge in [-0.05, 0) is 41.1 Å². The molecular weight excluding hydrogens is 281 g/mol. The molecule has 0 radical (unpaired) electrons. The Kier molecular flexibility index (Phi) is 4.57. The summed E-state index contributed by atoms with van der Waals surface area (Å²) in [6.07, 6.45) is -0.479. The average molecular weight is 293 g/mol. The first-order valence-electron chi connectivity index (χ1n) is 4.33. The van der Waals surface area contributed by atoms with Gasteiger partial charge in [-0.25, -0.2) is 0 Å². The van der Waals surface area contributed by atoms with Gasteiger partial charge in [0.2, 0.25) is 0 Å². The third-order valence-corrected chi connectivity index (χ3v) is 3.14. The number of carbonyl (C=O) groups is 1. The summed E-state index contributed by atoms with van der Waals surface area (Å²) in [6, 6.07) is 5.21. The van der Waals surface area contributed by atoms with Crippen molar-refractivity contribution < 1.29 is 9.53 Å². The minimum absolute atomic E-state index is 0.198. The van der Waals surface area contributed by atoms with E-state index in [4.69, 9.17) is 16.3 Å². The van der Waals surface area contributed by atoms with Crippen LogP contribution in [0.25, 0.3) is 0 Å². The molecule has 1 rings (SSSR count). The maximum atomic E-state index is 11.4. The van der Waals surface area contributed by atoms with Crippen molar-refractivity contribution >= 4 is 39.1 Å². The largest absolute Gasteiger partial charge is 0.372 e. The number of hydrogen-bond donors (Lipinski definition) is 1. The molecule has 0 aliphatic rings. The van der Waals surface area contributed by atoms with Crippen LogP contribution in [0.5, 0.6) is 0 Å². The van der Waals surface area contributed by atoms with E-state index >= 15 is 0 Å². The summed E-state index contributed by atoms with van der Waals surface area (Å²) in [4.78, 5) is 11.4. The summed E-state index contributed by atoms with van der Waals surface area (Å²) >= 11 is 9.15. The molecule has 1 atom stereocenters. The molecule has 1 aromatic rings. The molecule has 5 heteroatoms. The van der Waals surface area contributed by atoms with E-state index in [2.05, 4.69) is 21.2 Å². The molecule has 0 spiro atoms. The Bertz CT molecular complexity index is 370. The van der Waals surface area contributed by atoms with Crippen molar-refractivity contribution in [1.29, 1.82) is 0 Å². The Balaban J connectivity index is 2.73. The van der Waals surface area contributed by atoms with Gasteiger partial charge in [-0.3, -0.25) is 4.79 Å². The van der Waals surface area contributed by atoms with E-state index in [0.29, 0.717) is 10.7 Å². The number of methoxy groups -OCH3 is 1. The molecule has 0 bridgehead atoms. The van der Waals surface area contributed by atoms with E-state index in [9.17, 15) is 4.79 Å². The summed E-state index contributed by atoms with van der Waals surface area (Å²) in [5, 5.41) is 3.25. The Morgan fingerprint density at radius 1 is 1.60 bits per heavy atom. The molecule has 1 aromatic carbocycles. The number of nitrogens with one attached hydrogen (secondary N) is 1. The summed E-state index contributed by atoms with van der Waals surface area (Å²) < 4.78 is 5.68. The highest BCUT2D eigenvalue weighted by Gasteiger charge is 2.11. The lowest BCUT2D eigenvalue weighted by Gasteiger charge is -2.10. The molecule has 15 heavy (non-hydrogen) atoms. The van der Waals surface area contributed by atoms with Crippen LogP contribution >= 0.6 is 27.5 Å². The third kappa shape index (κ3) is 3.48. The molecule has 3 nitrogen and oxygen atoms in total. The van der Waals surface area contributed by atoms with Crippen molar-refractivity contribution in [2.75, 3.05) is 12.4 Å². The van der Waals surface area contributed by atoms with Gasteiger partial charge in [0.25, 0.3) is 5.91 Å². The Morgan fingerprint density at radius 3 is 2.80 bits per heavy atom. The molecule has 1 unspecified atom stereocenters. The molecule has 0 fully saturated rings. The van der Waals surface area contributed by atoms with E-state index in [1.807, 2.05) is 0 Å². The van der Waals surface area contributed by atoms with Crippen molar-refractivity contribution in [2.45, 2.75) is 13.0 Å². The van der Waals surface area contributed by atoms with Crippen molar-refractivity contribution in [3.05, 3.63) is 27.7 Å². The molecular formula is C10H11BrClNO2. The van der Waals surface area contributed by atoms with E-state index in [0.717, 1.165) is 4.47 Å². The zero-order chi connectivity index (χ0) is 11.4. The van der Waals surface area contributed by atoms with Crippen LogP contribution in [-0.4, -0.2) is 19.1 Å². The van der Waals surface area contributed by atoms with Crippen LogP contribution in [0.4, 0.5) is 5.69 Å². The maximum absolute atomic E-state index is 11.4. The van der Waals surface area contributed by atoms with E-state index in [-0.39, 0.29) is 5.91 Å². The van der Waals surface area contributed by atoms with Gasteiger partial charge in [0, 0.05) is 17.3 Å². The number of hydrogen-bond acceptors (Lipinski definition) is 2. The second kappa shape index (κ2) is 5.49. The van der Waals surface area contributed by atoms with Gasteiger partial charge in [0.1, 0.15) is 6.10 Å². The zero-order valence-corrected chi connectivity index (χ0v) is 10.7. The fraction of sp³-hybridized carbons (Fsp3) is 0.300. The van der Waals surface area contributed by atoms with Gasteiger partial charge in [0.15, 0.2) is 0 Å². The van der Waals surface area contributed by atoms with Crippen LogP contribution in [-0.2, 0) is 9.53 Å². The van der Waals surface area contributed by atoms with Crippen LogP contribution in [0, 0.1) is 0 Å². The van der Waals surface area contributed by atoms with Gasteiger partial charge in [0.05, 0.1) is 5.02 Å². The first-order chi connectivity index (χ1) is 7.04. The lowest BCUT2D eigenvalue weighted by molar-refractivity contribution is -0.124. The smallest absolute Gasteiger partial charge is 0.253 e. The fourth-order valence-corrected chi connectivity index (χ4v) is 1.35. The molecule has 1 amide bonds. The normalized spacial score (nSPS) is 12.3. The first kappa shape index (κ1) is 12.5. The highest BCUT2D eigenvalue weighted by atomic mass is 79.9. The van der Waals surface area contributed by atoms with Gasteiger partial charge < -0.3 is 10.1 Å². The molecule has 0 heterocycles. The van der Waals surface area contributed by atoms with Gasteiger partial charge in [-0.1, -0.05) is 11.6 Å². The number of anilines is 1. The third-order valence-electron chi connectivity index (χ3n) is 1.91. The van der Waals surface area contributed by atoms with Gasteiger partial charge in [-0.2, -0.15) is 0 Å². The Morgan fingerprint density at radius 2 is 2.27 bits per heavy atom. The van der Waals surface area contributed by atoms with Gasteiger partial charge >= 0.3 is 0 Å². The van der Waals surface area contributed by atoms with Crippen molar-refractivity contribution in [1.82, 2.24) is 0 Å². The number of rotatable bonds is 3. The maximum Gasteiger partial charge on any atom is 0.253 e. The van der Waals surface area contributed by atoms with Crippen molar-refractivity contribution in [2.24, 2.45) is 0 Å². The van der Waals surface area contributed by atoms with Gasteiger partial charge in [-0.15, -0.1) is 0 Å². The van der Waals surface area contributed by atoms with Crippen LogP contribution in [0.3, 0.4) is 0 Å². The summed E-state index contributed by atoms with van der Waals surface area (Å²) in [5.41, 5.74) is 0.650. The number of carbonyl (C=O) groups excluding carboxylic acids is 1. The quantitative estimate of drug-likeness (QED) is 0.930. The number of halogens is 2. The predicted molar refractivity (Wildman–Crippen MR) is 64.3 cm³/mol. The first-order valence-corrected chi connectivity index (χ1v) is 5.50. The van der Waals surface area contributed by atoms with Crippen LogP contribution in [0.1, 0.15) is 6.92 Å². The standard InChI is InChI=1S/C10H11BrClNO2/c1-6(15-2)10(14)13-7-3-4-8(11)9(12)5-7/h3-6H,1-2H3,(H,13,14). The molecule has 1 N–H and O–H groups in total. The summed E-state index contributed by atoms with van der Waals surface area (Å²) in [6.45, 7) is 1.68. The average Bonchev–Trinajstić information content (AvgIpc) is 2.22. The second-order valence-electron chi connectivity index (χ2n) is 3.00. The Labute approximate surface area is 102 Å². The fourth-order valence-electron chi connectivity index (χ4n) is 0.925. The van der Waals surface area contributed by atoms with Crippen LogP contribution < -0.4 is 5.32 Å². The minimum Gasteiger partial charge on any atom is -0.372 e. The molecule has 82 valence electrons. The molecule has 0 aliphatic carbocycles. The lowest BCUT2D eigenvalue weighted by Crippen LogP contribution is -2.26. The van der Waals surface area contributed by atoms with E-state index in [1.54, 1.807) is 25.1 Å².